The Morgan fingerprint density at radius 2 is 2.28 bits per heavy atom. The molecule has 18 heavy (non-hydrogen) atoms. The van der Waals surface area contributed by atoms with Crippen molar-refractivity contribution in [3.8, 4) is 11.8 Å². The Labute approximate surface area is 108 Å². The predicted molar refractivity (Wildman–Crippen MR) is 70.1 cm³/mol. The molecule has 6 heteroatoms. The van der Waals surface area contributed by atoms with Crippen LogP contribution in [-0.2, 0) is 0 Å². The molecule has 0 aliphatic heterocycles. The van der Waals surface area contributed by atoms with E-state index in [0.29, 0.717) is 23.6 Å². The van der Waals surface area contributed by atoms with Crippen LogP contribution in [0, 0.1) is 11.8 Å². The van der Waals surface area contributed by atoms with Gasteiger partial charge in [-0.2, -0.15) is 0 Å². The van der Waals surface area contributed by atoms with E-state index < -0.39 is 0 Å². The van der Waals surface area contributed by atoms with Crippen molar-refractivity contribution in [1.29, 1.82) is 0 Å². The molecule has 0 aliphatic rings. The quantitative estimate of drug-likeness (QED) is 0.272. The monoisotopic (exact) mass is 257 g/mol. The average Bonchev–Trinajstić information content (AvgIpc) is 2.38. The Kier molecular flexibility index (Phi) is 3.98. The summed E-state index contributed by atoms with van der Waals surface area (Å²) in [6, 6.07) is 5.54. The smallest absolute Gasteiger partial charge is 0.148 e. The largest absolute Gasteiger partial charge is 0.251 e. The van der Waals surface area contributed by atoms with E-state index in [4.69, 9.17) is 17.1 Å². The highest BCUT2D eigenvalue weighted by Gasteiger charge is 1.98. The zero-order valence-electron chi connectivity index (χ0n) is 9.34. The molecule has 0 aliphatic carbocycles. The molecule has 0 saturated carbocycles. The molecule has 0 unspecified atom stereocenters. The maximum atomic E-state index is 8.11. The Hall–Kier alpha value is -2.28. The lowest BCUT2D eigenvalue weighted by atomic mass is 10.2. The second-order valence-electron chi connectivity index (χ2n) is 3.40. The van der Waals surface area contributed by atoms with Gasteiger partial charge in [-0.25, -0.2) is 4.98 Å². The lowest BCUT2D eigenvalue weighted by Crippen LogP contribution is -1.85. The summed E-state index contributed by atoms with van der Waals surface area (Å²) in [5.41, 5.74) is 10.4. The molecule has 1 heterocycles. The van der Waals surface area contributed by atoms with Gasteiger partial charge in [-0.3, -0.25) is 4.98 Å². The van der Waals surface area contributed by atoms with Gasteiger partial charge in [-0.1, -0.05) is 28.6 Å². The Morgan fingerprint density at radius 1 is 1.39 bits per heavy atom. The third kappa shape index (κ3) is 3.11. The standard InChI is InChI=1S/C12H8ClN5/c13-12-8-15-10-5-4-9(7-11(10)17-12)3-1-2-6-16-18-14/h4-5,7-8H,2,6H2. The Bertz CT molecular complexity index is 680. The van der Waals surface area contributed by atoms with Gasteiger partial charge in [-0.15, -0.1) is 0 Å². The molecule has 0 bridgehead atoms. The van der Waals surface area contributed by atoms with Crippen LogP contribution < -0.4 is 0 Å². The van der Waals surface area contributed by atoms with E-state index in [1.807, 2.05) is 18.2 Å². The molecule has 0 fully saturated rings. The highest BCUT2D eigenvalue weighted by atomic mass is 35.5. The number of nitrogens with zero attached hydrogens (tertiary/aromatic N) is 5. The second-order valence-corrected chi connectivity index (χ2v) is 3.79. The molecule has 0 N–H and O–H groups in total. The van der Waals surface area contributed by atoms with Crippen LogP contribution in [0.4, 0.5) is 0 Å². The Balaban J connectivity index is 2.21. The van der Waals surface area contributed by atoms with Crippen LogP contribution in [0.2, 0.25) is 5.15 Å². The lowest BCUT2D eigenvalue weighted by molar-refractivity contribution is 1.01. The molecule has 0 atom stereocenters. The highest BCUT2D eigenvalue weighted by molar-refractivity contribution is 6.29. The SMILES string of the molecule is [N-]=[N+]=NCCC#Cc1ccc2ncc(Cl)nc2c1. The summed E-state index contributed by atoms with van der Waals surface area (Å²) in [5, 5.41) is 3.76. The topological polar surface area (TPSA) is 74.5 Å². The predicted octanol–water partition coefficient (Wildman–Crippen LogP) is 3.34. The van der Waals surface area contributed by atoms with Gasteiger partial charge in [0.15, 0.2) is 0 Å². The molecular weight excluding hydrogens is 250 g/mol. The lowest BCUT2D eigenvalue weighted by Gasteiger charge is -1.97. The number of aromatic nitrogens is 2. The van der Waals surface area contributed by atoms with Crippen molar-refractivity contribution in [2.24, 2.45) is 5.11 Å². The van der Waals surface area contributed by atoms with Crippen LogP contribution in [0.15, 0.2) is 29.5 Å². The molecule has 2 aromatic rings. The van der Waals surface area contributed by atoms with Crippen molar-refractivity contribution in [3.05, 3.63) is 45.6 Å². The van der Waals surface area contributed by atoms with Crippen LogP contribution >= 0.6 is 11.6 Å². The third-order valence-electron chi connectivity index (χ3n) is 2.15. The molecule has 88 valence electrons. The van der Waals surface area contributed by atoms with E-state index in [1.54, 1.807) is 0 Å². The normalized spacial score (nSPS) is 9.39. The Morgan fingerprint density at radius 3 is 3.11 bits per heavy atom. The number of fused-ring (bicyclic) bond motifs is 1. The summed E-state index contributed by atoms with van der Waals surface area (Å²) in [7, 11) is 0. The van der Waals surface area contributed by atoms with Crippen LogP contribution in [0.25, 0.3) is 21.5 Å². The minimum absolute atomic E-state index is 0.357. The maximum Gasteiger partial charge on any atom is 0.148 e. The number of hydrogen-bond donors (Lipinski definition) is 0. The summed E-state index contributed by atoms with van der Waals surface area (Å²) in [6.45, 7) is 0.378. The van der Waals surface area contributed by atoms with Gasteiger partial charge in [0, 0.05) is 23.4 Å². The molecule has 0 radical (unpaired) electrons. The molecule has 0 saturated heterocycles. The number of halogens is 1. The van der Waals surface area contributed by atoms with Crippen molar-refractivity contribution >= 4 is 22.6 Å². The summed E-state index contributed by atoms with van der Waals surface area (Å²) in [5.74, 6) is 5.89. The van der Waals surface area contributed by atoms with E-state index in [1.165, 1.54) is 6.20 Å². The summed E-state index contributed by atoms with van der Waals surface area (Å²) < 4.78 is 0. The van der Waals surface area contributed by atoms with Crippen molar-refractivity contribution in [2.45, 2.75) is 6.42 Å². The number of benzene rings is 1. The van der Waals surface area contributed by atoms with Crippen LogP contribution in [-0.4, -0.2) is 16.5 Å². The fourth-order valence-corrected chi connectivity index (χ4v) is 1.52. The van der Waals surface area contributed by atoms with Gasteiger partial charge in [-0.05, 0) is 23.7 Å². The first-order chi connectivity index (χ1) is 8.79. The van der Waals surface area contributed by atoms with Crippen LogP contribution in [0.5, 0.6) is 0 Å². The summed E-state index contributed by atoms with van der Waals surface area (Å²) in [6.07, 6.45) is 2.04. The van der Waals surface area contributed by atoms with E-state index in [9.17, 15) is 0 Å². The highest BCUT2D eigenvalue weighted by Crippen LogP contribution is 2.13. The fraction of sp³-hybridized carbons (Fsp3) is 0.167. The van der Waals surface area contributed by atoms with Crippen LogP contribution in [0.1, 0.15) is 12.0 Å². The minimum atomic E-state index is 0.357. The minimum Gasteiger partial charge on any atom is -0.251 e. The number of azide groups is 1. The van der Waals surface area contributed by atoms with Gasteiger partial charge in [0.1, 0.15) is 5.15 Å². The maximum absolute atomic E-state index is 8.11. The van der Waals surface area contributed by atoms with Gasteiger partial charge in [0.25, 0.3) is 0 Å². The third-order valence-corrected chi connectivity index (χ3v) is 2.33. The van der Waals surface area contributed by atoms with Gasteiger partial charge in [0.2, 0.25) is 0 Å². The summed E-state index contributed by atoms with van der Waals surface area (Å²) in [4.78, 5) is 11.0. The molecule has 0 spiro atoms. The fourth-order valence-electron chi connectivity index (χ4n) is 1.38. The van der Waals surface area contributed by atoms with Crippen molar-refractivity contribution in [3.63, 3.8) is 0 Å². The van der Waals surface area contributed by atoms with Crippen molar-refractivity contribution in [2.75, 3.05) is 6.54 Å². The van der Waals surface area contributed by atoms with Crippen molar-refractivity contribution in [1.82, 2.24) is 9.97 Å². The van der Waals surface area contributed by atoms with Crippen molar-refractivity contribution < 1.29 is 0 Å². The first kappa shape index (κ1) is 12.2. The van der Waals surface area contributed by atoms with E-state index in [2.05, 4.69) is 31.8 Å². The van der Waals surface area contributed by atoms with Gasteiger partial charge >= 0.3 is 0 Å². The molecule has 1 aromatic heterocycles. The first-order valence-electron chi connectivity index (χ1n) is 5.21. The van der Waals surface area contributed by atoms with Crippen LogP contribution in [0.3, 0.4) is 0 Å². The number of hydrogen-bond acceptors (Lipinski definition) is 3. The van der Waals surface area contributed by atoms with Gasteiger partial charge in [0.05, 0.1) is 17.2 Å². The second kappa shape index (κ2) is 5.87. The summed E-state index contributed by atoms with van der Waals surface area (Å²) >= 11 is 5.78. The van der Waals surface area contributed by atoms with E-state index >= 15 is 0 Å². The zero-order chi connectivity index (χ0) is 12.8. The zero-order valence-corrected chi connectivity index (χ0v) is 10.1. The molecular formula is C12H8ClN5. The average molecular weight is 258 g/mol. The first-order valence-corrected chi connectivity index (χ1v) is 5.59. The van der Waals surface area contributed by atoms with Gasteiger partial charge < -0.3 is 0 Å². The molecule has 2 rings (SSSR count). The molecule has 5 nitrogen and oxygen atoms in total. The van der Waals surface area contributed by atoms with E-state index in [0.717, 1.165) is 11.1 Å². The molecule has 1 aromatic carbocycles. The molecule has 0 amide bonds. The van der Waals surface area contributed by atoms with E-state index in [-0.39, 0.29) is 0 Å². The number of rotatable bonds is 2.